The molecule has 3 aromatic rings. The number of aromatic nitrogens is 1. The van der Waals surface area contributed by atoms with Crippen LogP contribution in [0, 0.1) is 0 Å². The van der Waals surface area contributed by atoms with Crippen molar-refractivity contribution in [3.63, 3.8) is 0 Å². The molecule has 108 valence electrons. The number of nitrogens with one attached hydrogen (secondary N) is 1. The van der Waals surface area contributed by atoms with Crippen LogP contribution in [0.25, 0.3) is 10.2 Å². The van der Waals surface area contributed by atoms with Gasteiger partial charge in [0.2, 0.25) is 0 Å². The average Bonchev–Trinajstić information content (AvgIpc) is 3.06. The number of para-hydroxylation sites is 1. The number of hydrogen-bond acceptors (Lipinski definition) is 4. The second-order valence-corrected chi connectivity index (χ2v) is 8.96. The van der Waals surface area contributed by atoms with Crippen molar-refractivity contribution < 1.29 is 0 Å². The summed E-state index contributed by atoms with van der Waals surface area (Å²) in [5.74, 6) is 0. The Morgan fingerprint density at radius 3 is 3.10 bits per heavy atom. The third kappa shape index (κ3) is 2.80. The molecule has 1 atom stereocenters. The lowest BCUT2D eigenvalue weighted by Gasteiger charge is -2.23. The van der Waals surface area contributed by atoms with Gasteiger partial charge in [0.05, 0.1) is 14.0 Å². The van der Waals surface area contributed by atoms with Gasteiger partial charge in [0.25, 0.3) is 0 Å². The molecule has 2 nitrogen and oxygen atoms in total. The lowest BCUT2D eigenvalue weighted by molar-refractivity contribution is 0.463. The maximum absolute atomic E-state index is 4.71. The Balaban J connectivity index is 1.52. The smallest absolute Gasteiger partial charge is 0.108 e. The predicted octanol–water partition coefficient (Wildman–Crippen LogP) is 5.29. The van der Waals surface area contributed by atoms with E-state index >= 15 is 0 Å². The SMILES string of the molecule is Brc1cc2c(s1)CCCC2NCc1nc2ccccc2s1. The number of thiazole rings is 1. The summed E-state index contributed by atoms with van der Waals surface area (Å²) in [5.41, 5.74) is 2.60. The molecule has 0 saturated carbocycles. The molecule has 2 aromatic heterocycles. The van der Waals surface area contributed by atoms with Crippen LogP contribution in [0.4, 0.5) is 0 Å². The lowest BCUT2D eigenvalue weighted by atomic mass is 9.94. The molecule has 1 aliphatic carbocycles. The largest absolute Gasteiger partial charge is 0.304 e. The van der Waals surface area contributed by atoms with Crippen LogP contribution >= 0.6 is 38.6 Å². The highest BCUT2D eigenvalue weighted by molar-refractivity contribution is 9.11. The maximum Gasteiger partial charge on any atom is 0.108 e. The molecule has 1 aliphatic rings. The van der Waals surface area contributed by atoms with Gasteiger partial charge in [0.1, 0.15) is 5.01 Å². The summed E-state index contributed by atoms with van der Waals surface area (Å²) in [7, 11) is 0. The van der Waals surface area contributed by atoms with E-state index in [1.807, 2.05) is 11.3 Å². The van der Waals surface area contributed by atoms with Gasteiger partial charge in [0.15, 0.2) is 0 Å². The van der Waals surface area contributed by atoms with E-state index in [-0.39, 0.29) is 0 Å². The number of rotatable bonds is 3. The van der Waals surface area contributed by atoms with Crippen LogP contribution in [0.3, 0.4) is 0 Å². The summed E-state index contributed by atoms with van der Waals surface area (Å²) in [4.78, 5) is 6.24. The Bertz CT molecular complexity index is 745. The third-order valence-corrected chi connectivity index (χ3v) is 6.67. The topological polar surface area (TPSA) is 24.9 Å². The minimum atomic E-state index is 0.475. The summed E-state index contributed by atoms with van der Waals surface area (Å²) < 4.78 is 2.53. The number of halogens is 1. The van der Waals surface area contributed by atoms with Crippen LogP contribution in [0.15, 0.2) is 34.1 Å². The molecule has 0 fully saturated rings. The molecule has 2 heterocycles. The first kappa shape index (κ1) is 13.9. The van der Waals surface area contributed by atoms with Gasteiger partial charge >= 0.3 is 0 Å². The maximum atomic E-state index is 4.71. The Morgan fingerprint density at radius 1 is 1.29 bits per heavy atom. The summed E-state index contributed by atoms with van der Waals surface area (Å²) in [6.45, 7) is 0.858. The highest BCUT2D eigenvalue weighted by Crippen LogP contribution is 2.38. The first-order valence-electron chi connectivity index (χ1n) is 7.15. The zero-order chi connectivity index (χ0) is 14.2. The van der Waals surface area contributed by atoms with Crippen LogP contribution < -0.4 is 5.32 Å². The highest BCUT2D eigenvalue weighted by Gasteiger charge is 2.22. The molecule has 21 heavy (non-hydrogen) atoms. The van der Waals surface area contributed by atoms with Crippen LogP contribution in [0.2, 0.25) is 0 Å². The van der Waals surface area contributed by atoms with Gasteiger partial charge in [-0.25, -0.2) is 4.98 Å². The molecular formula is C16H15BrN2S2. The molecule has 1 N–H and O–H groups in total. The zero-order valence-electron chi connectivity index (χ0n) is 11.4. The van der Waals surface area contributed by atoms with Crippen molar-refractivity contribution in [1.82, 2.24) is 10.3 Å². The van der Waals surface area contributed by atoms with E-state index in [1.165, 1.54) is 43.2 Å². The Kier molecular flexibility index (Phi) is 3.83. The number of fused-ring (bicyclic) bond motifs is 2. The van der Waals surface area contributed by atoms with E-state index in [0.717, 1.165) is 12.1 Å². The van der Waals surface area contributed by atoms with Crippen molar-refractivity contribution in [2.45, 2.75) is 31.8 Å². The van der Waals surface area contributed by atoms with Crippen molar-refractivity contribution >= 4 is 48.8 Å². The summed E-state index contributed by atoms with van der Waals surface area (Å²) in [6.07, 6.45) is 3.73. The van der Waals surface area contributed by atoms with Crippen molar-refractivity contribution in [2.24, 2.45) is 0 Å². The number of aryl methyl sites for hydroxylation is 1. The quantitative estimate of drug-likeness (QED) is 0.669. The van der Waals surface area contributed by atoms with Gasteiger partial charge in [-0.1, -0.05) is 12.1 Å². The predicted molar refractivity (Wildman–Crippen MR) is 94.2 cm³/mol. The Labute approximate surface area is 140 Å². The first-order valence-corrected chi connectivity index (χ1v) is 9.58. The van der Waals surface area contributed by atoms with Gasteiger partial charge in [-0.05, 0) is 59.0 Å². The standard InChI is InChI=1S/C16H15BrN2S2/c17-15-8-10-11(5-3-7-13(10)20-15)18-9-16-19-12-4-1-2-6-14(12)21-16/h1-2,4,6,8,11,18H,3,5,7,9H2. The molecule has 0 amide bonds. The molecule has 5 heteroatoms. The number of hydrogen-bond donors (Lipinski definition) is 1. The van der Waals surface area contributed by atoms with E-state index in [1.54, 1.807) is 11.3 Å². The fourth-order valence-electron chi connectivity index (χ4n) is 2.94. The van der Waals surface area contributed by atoms with E-state index in [4.69, 9.17) is 4.98 Å². The number of nitrogens with zero attached hydrogens (tertiary/aromatic N) is 1. The van der Waals surface area contributed by atoms with Gasteiger partial charge in [-0.15, -0.1) is 22.7 Å². The van der Waals surface area contributed by atoms with Crippen LogP contribution in [0.5, 0.6) is 0 Å². The summed E-state index contributed by atoms with van der Waals surface area (Å²) in [5, 5.41) is 4.88. The normalized spacial score (nSPS) is 18.0. The molecule has 4 rings (SSSR count). The first-order chi connectivity index (χ1) is 10.3. The van der Waals surface area contributed by atoms with E-state index < -0.39 is 0 Å². The number of thiophene rings is 1. The van der Waals surface area contributed by atoms with E-state index in [9.17, 15) is 0 Å². The zero-order valence-corrected chi connectivity index (χ0v) is 14.7. The van der Waals surface area contributed by atoms with Crippen LogP contribution in [-0.2, 0) is 13.0 Å². The Hall–Kier alpha value is -0.750. The minimum Gasteiger partial charge on any atom is -0.304 e. The fourth-order valence-corrected chi connectivity index (χ4v) is 5.68. The molecular weight excluding hydrogens is 364 g/mol. The molecule has 0 aliphatic heterocycles. The van der Waals surface area contributed by atoms with Gasteiger partial charge in [0, 0.05) is 17.5 Å². The average molecular weight is 379 g/mol. The van der Waals surface area contributed by atoms with Crippen molar-refractivity contribution in [3.8, 4) is 0 Å². The van der Waals surface area contributed by atoms with Crippen LogP contribution in [0.1, 0.15) is 34.3 Å². The van der Waals surface area contributed by atoms with Crippen molar-refractivity contribution in [3.05, 3.63) is 49.6 Å². The van der Waals surface area contributed by atoms with Crippen molar-refractivity contribution in [1.29, 1.82) is 0 Å². The van der Waals surface area contributed by atoms with Gasteiger partial charge in [-0.3, -0.25) is 0 Å². The van der Waals surface area contributed by atoms with E-state index in [2.05, 4.69) is 51.6 Å². The Morgan fingerprint density at radius 2 is 2.19 bits per heavy atom. The van der Waals surface area contributed by atoms with Gasteiger partial charge < -0.3 is 5.32 Å². The molecule has 1 aromatic carbocycles. The monoisotopic (exact) mass is 378 g/mol. The summed E-state index contributed by atoms with van der Waals surface area (Å²) >= 11 is 7.29. The fraction of sp³-hybridized carbons (Fsp3) is 0.312. The van der Waals surface area contributed by atoms with Crippen molar-refractivity contribution in [2.75, 3.05) is 0 Å². The molecule has 1 unspecified atom stereocenters. The molecule has 0 spiro atoms. The molecule has 0 saturated heterocycles. The second kappa shape index (κ2) is 5.80. The molecule has 0 radical (unpaired) electrons. The lowest BCUT2D eigenvalue weighted by Crippen LogP contribution is -2.23. The highest BCUT2D eigenvalue weighted by atomic mass is 79.9. The van der Waals surface area contributed by atoms with E-state index in [0.29, 0.717) is 6.04 Å². The van der Waals surface area contributed by atoms with Crippen LogP contribution in [-0.4, -0.2) is 4.98 Å². The third-order valence-electron chi connectivity index (χ3n) is 3.92. The second-order valence-electron chi connectivity index (χ2n) is 5.33. The molecule has 0 bridgehead atoms. The van der Waals surface area contributed by atoms with Gasteiger partial charge in [-0.2, -0.15) is 0 Å². The minimum absolute atomic E-state index is 0.475. The number of benzene rings is 1. The summed E-state index contributed by atoms with van der Waals surface area (Å²) in [6, 6.07) is 11.1.